The molecule has 0 aliphatic carbocycles. The van der Waals surface area contributed by atoms with Gasteiger partial charge in [-0.1, -0.05) is 48.5 Å². The summed E-state index contributed by atoms with van der Waals surface area (Å²) in [6, 6.07) is 16.8. The molecule has 1 heterocycles. The number of fused-ring (bicyclic) bond motifs is 1. The number of ketones is 1. The monoisotopic (exact) mass is 272 g/mol. The molecule has 0 saturated carbocycles. The maximum absolute atomic E-state index is 12.5. The Labute approximate surface area is 117 Å². The van der Waals surface area contributed by atoms with E-state index >= 15 is 0 Å². The van der Waals surface area contributed by atoms with Crippen LogP contribution in [0.4, 0.5) is 0 Å². The molecule has 0 saturated heterocycles. The Kier molecular flexibility index (Phi) is 3.26. The molecule has 2 unspecified atom stereocenters. The standard InChI is InChI=1S/C16H13ClO2/c17-15-12-8-4-5-9-14(12)19-10-13(15)16(18)11-6-2-1-3-7-11/h1-9,13,15H,10H2. The highest BCUT2D eigenvalue weighted by Gasteiger charge is 2.34. The van der Waals surface area contributed by atoms with Crippen molar-refractivity contribution in [2.45, 2.75) is 5.38 Å². The number of ether oxygens (including phenoxy) is 1. The average molecular weight is 273 g/mol. The van der Waals surface area contributed by atoms with E-state index in [0.717, 1.165) is 11.3 Å². The first-order valence-electron chi connectivity index (χ1n) is 6.22. The third kappa shape index (κ3) is 2.24. The van der Waals surface area contributed by atoms with Crippen LogP contribution in [0.5, 0.6) is 5.75 Å². The van der Waals surface area contributed by atoms with Crippen LogP contribution in [0.1, 0.15) is 21.3 Å². The lowest BCUT2D eigenvalue weighted by molar-refractivity contribution is 0.0849. The largest absolute Gasteiger partial charge is 0.492 e. The van der Waals surface area contributed by atoms with Gasteiger partial charge < -0.3 is 4.74 Å². The minimum Gasteiger partial charge on any atom is -0.492 e. The highest BCUT2D eigenvalue weighted by molar-refractivity contribution is 6.23. The van der Waals surface area contributed by atoms with E-state index in [1.807, 2.05) is 54.6 Å². The summed E-state index contributed by atoms with van der Waals surface area (Å²) in [6.45, 7) is 0.332. The highest BCUT2D eigenvalue weighted by Crippen LogP contribution is 2.40. The first kappa shape index (κ1) is 12.2. The molecule has 2 nitrogen and oxygen atoms in total. The zero-order chi connectivity index (χ0) is 13.2. The lowest BCUT2D eigenvalue weighted by Crippen LogP contribution is -2.30. The van der Waals surface area contributed by atoms with E-state index in [1.54, 1.807) is 0 Å². The van der Waals surface area contributed by atoms with Crippen LogP contribution in [-0.4, -0.2) is 12.4 Å². The topological polar surface area (TPSA) is 26.3 Å². The second-order valence-corrected chi connectivity index (χ2v) is 5.06. The Bertz CT molecular complexity index is 595. The molecule has 2 aromatic carbocycles. The van der Waals surface area contributed by atoms with Gasteiger partial charge in [-0.05, 0) is 6.07 Å². The van der Waals surface area contributed by atoms with Gasteiger partial charge in [0.1, 0.15) is 12.4 Å². The van der Waals surface area contributed by atoms with Crippen LogP contribution in [0.25, 0.3) is 0 Å². The smallest absolute Gasteiger partial charge is 0.171 e. The summed E-state index contributed by atoms with van der Waals surface area (Å²) in [5.74, 6) is 0.480. The Hall–Kier alpha value is -1.80. The number of rotatable bonds is 2. The van der Waals surface area contributed by atoms with E-state index in [0.29, 0.717) is 12.2 Å². The van der Waals surface area contributed by atoms with Gasteiger partial charge in [0.15, 0.2) is 5.78 Å². The predicted octanol–water partition coefficient (Wildman–Crippen LogP) is 3.86. The lowest BCUT2D eigenvalue weighted by atomic mass is 9.89. The summed E-state index contributed by atoms with van der Waals surface area (Å²) < 4.78 is 5.64. The summed E-state index contributed by atoms with van der Waals surface area (Å²) >= 11 is 6.46. The molecular weight excluding hydrogens is 260 g/mol. The minimum atomic E-state index is -0.336. The summed E-state index contributed by atoms with van der Waals surface area (Å²) in [4.78, 5) is 12.5. The predicted molar refractivity (Wildman–Crippen MR) is 74.8 cm³/mol. The Morgan fingerprint density at radius 3 is 2.53 bits per heavy atom. The number of alkyl halides is 1. The van der Waals surface area contributed by atoms with Crippen molar-refractivity contribution in [3.8, 4) is 5.75 Å². The average Bonchev–Trinajstić information content (AvgIpc) is 2.48. The van der Waals surface area contributed by atoms with Crippen LogP contribution in [-0.2, 0) is 0 Å². The van der Waals surface area contributed by atoms with Crippen LogP contribution in [0.2, 0.25) is 0 Å². The molecule has 3 heteroatoms. The Balaban J connectivity index is 1.90. The van der Waals surface area contributed by atoms with Crippen molar-refractivity contribution < 1.29 is 9.53 Å². The van der Waals surface area contributed by atoms with Gasteiger partial charge >= 0.3 is 0 Å². The maximum atomic E-state index is 12.5. The first-order chi connectivity index (χ1) is 9.27. The second kappa shape index (κ2) is 5.06. The van der Waals surface area contributed by atoms with Crippen LogP contribution >= 0.6 is 11.6 Å². The molecule has 0 bridgehead atoms. The summed E-state index contributed by atoms with van der Waals surface area (Å²) in [6.07, 6.45) is 0. The molecule has 0 fully saturated rings. The Morgan fingerprint density at radius 2 is 1.74 bits per heavy atom. The molecule has 96 valence electrons. The summed E-state index contributed by atoms with van der Waals surface area (Å²) in [7, 11) is 0. The van der Waals surface area contributed by atoms with Crippen molar-refractivity contribution in [2.24, 2.45) is 5.92 Å². The molecule has 0 amide bonds. The molecule has 2 aromatic rings. The normalized spacial score (nSPS) is 21.3. The van der Waals surface area contributed by atoms with E-state index in [4.69, 9.17) is 16.3 Å². The van der Waals surface area contributed by atoms with E-state index in [2.05, 4.69) is 0 Å². The molecule has 0 aromatic heterocycles. The molecular formula is C16H13ClO2. The van der Waals surface area contributed by atoms with Crippen molar-refractivity contribution >= 4 is 17.4 Å². The van der Waals surface area contributed by atoms with Gasteiger partial charge in [-0.3, -0.25) is 4.79 Å². The Morgan fingerprint density at radius 1 is 1.05 bits per heavy atom. The second-order valence-electron chi connectivity index (χ2n) is 4.59. The number of carbonyl (C=O) groups excluding carboxylic acids is 1. The SMILES string of the molecule is O=C(c1ccccc1)C1COc2ccccc2C1Cl. The molecule has 0 N–H and O–H groups in total. The van der Waals surface area contributed by atoms with Gasteiger partial charge in [-0.15, -0.1) is 11.6 Å². The number of benzene rings is 2. The van der Waals surface area contributed by atoms with Crippen LogP contribution in [0.15, 0.2) is 54.6 Å². The van der Waals surface area contributed by atoms with Crippen molar-refractivity contribution in [1.29, 1.82) is 0 Å². The van der Waals surface area contributed by atoms with E-state index in [9.17, 15) is 4.79 Å². The summed E-state index contributed by atoms with van der Waals surface area (Å²) in [5.41, 5.74) is 1.57. The van der Waals surface area contributed by atoms with Gasteiger partial charge in [-0.25, -0.2) is 0 Å². The number of hydrogen-bond donors (Lipinski definition) is 0. The molecule has 0 radical (unpaired) electrons. The van der Waals surface area contributed by atoms with E-state index < -0.39 is 0 Å². The van der Waals surface area contributed by atoms with Crippen LogP contribution in [0.3, 0.4) is 0 Å². The van der Waals surface area contributed by atoms with Crippen molar-refractivity contribution in [2.75, 3.05) is 6.61 Å². The third-order valence-electron chi connectivity index (χ3n) is 3.38. The van der Waals surface area contributed by atoms with Crippen LogP contribution in [0, 0.1) is 5.92 Å². The van der Waals surface area contributed by atoms with Crippen molar-refractivity contribution in [3.63, 3.8) is 0 Å². The number of carbonyl (C=O) groups is 1. The fraction of sp³-hybridized carbons (Fsp3) is 0.188. The molecule has 3 rings (SSSR count). The van der Waals surface area contributed by atoms with Gasteiger partial charge in [0.25, 0.3) is 0 Å². The minimum absolute atomic E-state index is 0.0371. The fourth-order valence-corrected chi connectivity index (χ4v) is 2.71. The van der Waals surface area contributed by atoms with E-state index in [-0.39, 0.29) is 17.1 Å². The zero-order valence-corrected chi connectivity index (χ0v) is 11.0. The fourth-order valence-electron chi connectivity index (χ4n) is 2.35. The third-order valence-corrected chi connectivity index (χ3v) is 3.92. The quantitative estimate of drug-likeness (QED) is 0.613. The van der Waals surface area contributed by atoms with Gasteiger partial charge in [0.2, 0.25) is 0 Å². The molecule has 19 heavy (non-hydrogen) atoms. The summed E-state index contributed by atoms with van der Waals surface area (Å²) in [5, 5.41) is -0.336. The maximum Gasteiger partial charge on any atom is 0.171 e. The molecule has 2 atom stereocenters. The highest BCUT2D eigenvalue weighted by atomic mass is 35.5. The van der Waals surface area contributed by atoms with Gasteiger partial charge in [0.05, 0.1) is 11.3 Å². The number of hydrogen-bond acceptors (Lipinski definition) is 2. The number of halogens is 1. The van der Waals surface area contributed by atoms with Crippen molar-refractivity contribution in [1.82, 2.24) is 0 Å². The molecule has 1 aliphatic rings. The first-order valence-corrected chi connectivity index (χ1v) is 6.66. The van der Waals surface area contributed by atoms with Gasteiger partial charge in [0, 0.05) is 11.1 Å². The zero-order valence-electron chi connectivity index (χ0n) is 10.3. The van der Waals surface area contributed by atoms with E-state index in [1.165, 1.54) is 0 Å². The lowest BCUT2D eigenvalue weighted by Gasteiger charge is -2.28. The van der Waals surface area contributed by atoms with Crippen LogP contribution < -0.4 is 4.74 Å². The number of para-hydroxylation sites is 1. The number of Topliss-reactive ketones (excluding diaryl/α,β-unsaturated/α-hetero) is 1. The van der Waals surface area contributed by atoms with Gasteiger partial charge in [-0.2, -0.15) is 0 Å². The van der Waals surface area contributed by atoms with Crippen molar-refractivity contribution in [3.05, 3.63) is 65.7 Å². The molecule has 1 aliphatic heterocycles. The molecule has 0 spiro atoms.